The Morgan fingerprint density at radius 2 is 1.71 bits per heavy atom. The molecule has 2 N–H and O–H groups in total. The third kappa shape index (κ3) is 3.98. The molecule has 0 unspecified atom stereocenters. The molecule has 146 valence electrons. The maximum Gasteiger partial charge on any atom is 0.326 e. The van der Waals surface area contributed by atoms with Gasteiger partial charge in [-0.25, -0.2) is 9.69 Å². The lowest BCUT2D eigenvalue weighted by Crippen LogP contribution is -2.31. The van der Waals surface area contributed by atoms with Gasteiger partial charge in [-0.15, -0.1) is 0 Å². The summed E-state index contributed by atoms with van der Waals surface area (Å²) in [5.74, 6) is 1.59. The first kappa shape index (κ1) is 19.4. The molecule has 0 aliphatic heterocycles. The van der Waals surface area contributed by atoms with Crippen LogP contribution in [0.5, 0.6) is 11.5 Å². The number of anilines is 2. The fourth-order valence-corrected chi connectivity index (χ4v) is 2.84. The summed E-state index contributed by atoms with van der Waals surface area (Å²) < 4.78 is 11.2. The summed E-state index contributed by atoms with van der Waals surface area (Å²) in [6.07, 6.45) is 5.13. The molecule has 0 bridgehead atoms. The molecule has 0 fully saturated rings. The van der Waals surface area contributed by atoms with Crippen LogP contribution < -0.4 is 15.4 Å². The maximum absolute atomic E-state index is 12.1. The van der Waals surface area contributed by atoms with Gasteiger partial charge in [0, 0.05) is 23.9 Å². The number of nitrogens with two attached hydrogens (primary N) is 1. The predicted molar refractivity (Wildman–Crippen MR) is 107 cm³/mol. The van der Waals surface area contributed by atoms with E-state index in [-0.39, 0.29) is 5.41 Å². The third-order valence-electron chi connectivity index (χ3n) is 5.10. The molecule has 0 aliphatic carbocycles. The highest BCUT2D eigenvalue weighted by atomic mass is 16.5. The van der Waals surface area contributed by atoms with E-state index >= 15 is 0 Å². The Morgan fingerprint density at radius 1 is 1.11 bits per heavy atom. The molecule has 0 aliphatic rings. The van der Waals surface area contributed by atoms with Gasteiger partial charge in [-0.1, -0.05) is 25.9 Å². The number of amides is 2. The molecule has 0 radical (unpaired) electrons. The monoisotopic (exact) mass is 380 g/mol. The van der Waals surface area contributed by atoms with E-state index in [0.29, 0.717) is 23.1 Å². The average molecular weight is 380 g/mol. The molecular weight excluding hydrogens is 356 g/mol. The summed E-state index contributed by atoms with van der Waals surface area (Å²) in [5.41, 5.74) is 6.85. The van der Waals surface area contributed by atoms with Gasteiger partial charge < -0.3 is 15.0 Å². The maximum atomic E-state index is 12.1. The summed E-state index contributed by atoms with van der Waals surface area (Å²) in [6.45, 7) is 6.32. The minimum atomic E-state index is -0.653. The number of hydrogen-bond donors (Lipinski definition) is 1. The fraction of sp³-hybridized carbons (Fsp3) is 0.286. The Morgan fingerprint density at radius 3 is 2.29 bits per heavy atom. The van der Waals surface area contributed by atoms with Crippen molar-refractivity contribution < 1.29 is 14.1 Å². The van der Waals surface area contributed by atoms with Crippen LogP contribution in [0.25, 0.3) is 0 Å². The molecule has 3 rings (SSSR count). The van der Waals surface area contributed by atoms with Crippen molar-refractivity contribution in [1.82, 2.24) is 10.1 Å². The van der Waals surface area contributed by atoms with Crippen LogP contribution in [-0.2, 0) is 5.41 Å². The zero-order chi connectivity index (χ0) is 20.1. The van der Waals surface area contributed by atoms with Gasteiger partial charge in [0.2, 0.25) is 5.88 Å². The Balaban J connectivity index is 1.85. The van der Waals surface area contributed by atoms with Crippen LogP contribution in [0.1, 0.15) is 39.3 Å². The van der Waals surface area contributed by atoms with E-state index in [0.717, 1.165) is 18.5 Å². The van der Waals surface area contributed by atoms with E-state index in [2.05, 4.69) is 30.9 Å². The highest BCUT2D eigenvalue weighted by molar-refractivity contribution is 5.97. The van der Waals surface area contributed by atoms with Crippen LogP contribution in [0.4, 0.5) is 16.4 Å². The summed E-state index contributed by atoms with van der Waals surface area (Å²) in [5, 5.41) is 4.18. The molecule has 0 spiro atoms. The Hall–Kier alpha value is -3.35. The SMILES string of the molecule is CCC(C)(CC)c1cc(N(C(N)=O)c2ccc(Oc3ccncc3)cc2)on1. The number of pyridine rings is 1. The van der Waals surface area contributed by atoms with E-state index in [1.165, 1.54) is 4.90 Å². The van der Waals surface area contributed by atoms with Crippen molar-refractivity contribution in [1.29, 1.82) is 0 Å². The highest BCUT2D eigenvalue weighted by Gasteiger charge is 2.29. The first-order valence-electron chi connectivity index (χ1n) is 9.21. The standard InChI is InChI=1S/C21H24N4O3/c1-4-21(3,5-2)18-14-19(28-24-18)25(20(22)26)15-6-8-16(9-7-15)27-17-10-12-23-13-11-17/h6-14H,4-5H2,1-3H3,(H2,22,26). The first-order valence-corrected chi connectivity index (χ1v) is 9.21. The number of benzene rings is 1. The molecular formula is C21H24N4O3. The van der Waals surface area contributed by atoms with E-state index in [1.807, 2.05) is 0 Å². The lowest BCUT2D eigenvalue weighted by atomic mass is 9.81. The number of carbonyl (C=O) groups excluding carboxylic acids is 1. The second-order valence-corrected chi connectivity index (χ2v) is 6.77. The van der Waals surface area contributed by atoms with E-state index in [9.17, 15) is 4.79 Å². The van der Waals surface area contributed by atoms with Gasteiger partial charge in [0.25, 0.3) is 0 Å². The second kappa shape index (κ2) is 8.12. The number of hydrogen-bond acceptors (Lipinski definition) is 5. The number of rotatable bonds is 7. The van der Waals surface area contributed by atoms with Crippen molar-refractivity contribution in [3.05, 3.63) is 60.6 Å². The average Bonchev–Trinajstić information content (AvgIpc) is 3.19. The third-order valence-corrected chi connectivity index (χ3v) is 5.10. The molecule has 7 nitrogen and oxygen atoms in total. The summed E-state index contributed by atoms with van der Waals surface area (Å²) in [4.78, 5) is 17.3. The summed E-state index contributed by atoms with van der Waals surface area (Å²) in [7, 11) is 0. The van der Waals surface area contributed by atoms with Gasteiger partial charge in [0.15, 0.2) is 0 Å². The molecule has 2 amide bonds. The van der Waals surface area contributed by atoms with Gasteiger partial charge in [0.1, 0.15) is 11.5 Å². The van der Waals surface area contributed by atoms with Gasteiger partial charge in [-0.3, -0.25) is 4.98 Å². The minimum Gasteiger partial charge on any atom is -0.457 e. The van der Waals surface area contributed by atoms with E-state index in [1.54, 1.807) is 54.9 Å². The minimum absolute atomic E-state index is 0.118. The van der Waals surface area contributed by atoms with Gasteiger partial charge in [-0.05, 0) is 49.2 Å². The number of nitrogens with zero attached hydrogens (tertiary/aromatic N) is 3. The van der Waals surface area contributed by atoms with Crippen LogP contribution in [0, 0.1) is 0 Å². The van der Waals surface area contributed by atoms with Crippen LogP contribution in [0.3, 0.4) is 0 Å². The number of aromatic nitrogens is 2. The van der Waals surface area contributed by atoms with Crippen LogP contribution in [-0.4, -0.2) is 16.2 Å². The largest absolute Gasteiger partial charge is 0.457 e. The lowest BCUT2D eigenvalue weighted by Gasteiger charge is -2.23. The molecule has 3 aromatic rings. The Bertz CT molecular complexity index is 918. The number of primary amides is 1. The molecule has 2 heterocycles. The molecule has 0 saturated carbocycles. The quantitative estimate of drug-likeness (QED) is 0.611. The molecule has 7 heteroatoms. The topological polar surface area (TPSA) is 94.5 Å². The van der Waals surface area contributed by atoms with E-state index < -0.39 is 6.03 Å². The summed E-state index contributed by atoms with van der Waals surface area (Å²) >= 11 is 0. The molecule has 0 saturated heterocycles. The zero-order valence-corrected chi connectivity index (χ0v) is 16.3. The number of urea groups is 1. The van der Waals surface area contributed by atoms with E-state index in [4.69, 9.17) is 15.0 Å². The normalized spacial score (nSPS) is 11.2. The van der Waals surface area contributed by atoms with Crippen LogP contribution >= 0.6 is 0 Å². The molecule has 1 aromatic carbocycles. The Kier molecular flexibility index (Phi) is 5.63. The Labute approximate surface area is 164 Å². The van der Waals surface area contributed by atoms with Crippen molar-refractivity contribution in [3.63, 3.8) is 0 Å². The van der Waals surface area contributed by atoms with Gasteiger partial charge in [0.05, 0.1) is 11.4 Å². The van der Waals surface area contributed by atoms with Gasteiger partial charge >= 0.3 is 6.03 Å². The summed E-state index contributed by atoms with van der Waals surface area (Å²) in [6, 6.07) is 11.6. The molecule has 2 aromatic heterocycles. The van der Waals surface area contributed by atoms with Crippen molar-refractivity contribution >= 4 is 17.6 Å². The van der Waals surface area contributed by atoms with Crippen LogP contribution in [0.15, 0.2) is 59.4 Å². The van der Waals surface area contributed by atoms with Crippen molar-refractivity contribution in [2.45, 2.75) is 39.0 Å². The fourth-order valence-electron chi connectivity index (χ4n) is 2.84. The van der Waals surface area contributed by atoms with Crippen molar-refractivity contribution in [2.24, 2.45) is 5.73 Å². The number of carbonyl (C=O) groups is 1. The van der Waals surface area contributed by atoms with Crippen LogP contribution in [0.2, 0.25) is 0 Å². The molecule has 28 heavy (non-hydrogen) atoms. The van der Waals surface area contributed by atoms with Crippen molar-refractivity contribution in [2.75, 3.05) is 4.90 Å². The lowest BCUT2D eigenvalue weighted by molar-refractivity contribution is 0.254. The molecule has 0 atom stereocenters. The predicted octanol–water partition coefficient (Wildman–Crippen LogP) is 5.16. The smallest absolute Gasteiger partial charge is 0.326 e. The number of ether oxygens (including phenoxy) is 1. The second-order valence-electron chi connectivity index (χ2n) is 6.77. The highest BCUT2D eigenvalue weighted by Crippen LogP contribution is 2.35. The van der Waals surface area contributed by atoms with Gasteiger partial charge in [-0.2, -0.15) is 0 Å². The first-order chi connectivity index (χ1) is 13.5. The zero-order valence-electron chi connectivity index (χ0n) is 16.3. The van der Waals surface area contributed by atoms with Crippen molar-refractivity contribution in [3.8, 4) is 11.5 Å².